The molecule has 0 aliphatic rings. The van der Waals surface area contributed by atoms with Gasteiger partial charge in [-0.25, -0.2) is 18.2 Å². The van der Waals surface area contributed by atoms with Gasteiger partial charge in [-0.1, -0.05) is 11.6 Å². The van der Waals surface area contributed by atoms with Crippen molar-refractivity contribution < 1.29 is 31.5 Å². The number of nitrogens with zero attached hydrogens (tertiary/aromatic N) is 1. The summed E-state index contributed by atoms with van der Waals surface area (Å²) >= 11 is 5.76. The zero-order valence-electron chi connectivity index (χ0n) is 12.9. The number of esters is 1. The Balaban J connectivity index is 1.96. The van der Waals surface area contributed by atoms with Crippen LogP contribution in [0.5, 0.6) is 0 Å². The summed E-state index contributed by atoms with van der Waals surface area (Å²) in [6.45, 7) is -0.638. The van der Waals surface area contributed by atoms with E-state index in [1.165, 1.54) is 12.3 Å². The van der Waals surface area contributed by atoms with Crippen LogP contribution in [0.15, 0.2) is 47.5 Å². The predicted octanol–water partition coefficient (Wildman–Crippen LogP) is 2.53. The number of amides is 1. The van der Waals surface area contributed by atoms with E-state index >= 15 is 0 Å². The number of anilines is 1. The SMILES string of the molecule is O=C(COC(=O)c1ccc(S(=O)(=O)C(F)F)cc1)Nc1cccnc1Cl. The van der Waals surface area contributed by atoms with Gasteiger partial charge in [0.1, 0.15) is 0 Å². The number of nitrogens with one attached hydrogen (secondary N) is 1. The van der Waals surface area contributed by atoms with Crippen molar-refractivity contribution in [1.29, 1.82) is 0 Å². The Bertz CT molecular complexity index is 920. The molecule has 0 spiro atoms. The maximum absolute atomic E-state index is 12.4. The molecule has 0 fully saturated rings. The lowest BCUT2D eigenvalue weighted by atomic mass is 10.2. The van der Waals surface area contributed by atoms with Gasteiger partial charge in [0.25, 0.3) is 5.91 Å². The molecular weight excluding hydrogens is 394 g/mol. The van der Waals surface area contributed by atoms with E-state index in [0.29, 0.717) is 0 Å². The summed E-state index contributed by atoms with van der Waals surface area (Å²) in [5.41, 5.74) is 0.127. The van der Waals surface area contributed by atoms with Crippen LogP contribution in [-0.4, -0.2) is 37.6 Å². The standard InChI is InChI=1S/C15H11ClF2N2O5S/c16-13-11(2-1-7-19-13)20-12(21)8-25-14(22)9-3-5-10(6-4-9)26(23,24)15(17)18/h1-7,15H,8H2,(H,20,21). The Kier molecular flexibility index (Phi) is 6.22. The van der Waals surface area contributed by atoms with Crippen LogP contribution in [0, 0.1) is 0 Å². The summed E-state index contributed by atoms with van der Waals surface area (Å²) in [7, 11) is -4.75. The number of ether oxygens (including phenoxy) is 1. The highest BCUT2D eigenvalue weighted by Gasteiger charge is 2.26. The molecule has 0 aliphatic heterocycles. The number of hydrogen-bond donors (Lipinski definition) is 1. The van der Waals surface area contributed by atoms with Gasteiger partial charge in [0.15, 0.2) is 11.8 Å². The summed E-state index contributed by atoms with van der Waals surface area (Å²) in [6, 6.07) is 6.77. The zero-order valence-corrected chi connectivity index (χ0v) is 14.4. The van der Waals surface area contributed by atoms with E-state index in [2.05, 4.69) is 10.3 Å². The van der Waals surface area contributed by atoms with Crippen LogP contribution in [0.4, 0.5) is 14.5 Å². The van der Waals surface area contributed by atoms with E-state index in [1.54, 1.807) is 6.07 Å². The minimum absolute atomic E-state index is 0.0583. The maximum atomic E-state index is 12.4. The molecule has 0 atom stereocenters. The van der Waals surface area contributed by atoms with Gasteiger partial charge in [0.05, 0.1) is 16.1 Å². The van der Waals surface area contributed by atoms with Crippen molar-refractivity contribution in [3.8, 4) is 0 Å². The number of hydrogen-bond acceptors (Lipinski definition) is 6. The van der Waals surface area contributed by atoms with Crippen LogP contribution in [-0.2, 0) is 19.4 Å². The van der Waals surface area contributed by atoms with Gasteiger partial charge in [-0.15, -0.1) is 0 Å². The van der Waals surface area contributed by atoms with Gasteiger partial charge in [0, 0.05) is 6.20 Å². The highest BCUT2D eigenvalue weighted by molar-refractivity contribution is 7.91. The number of aromatic nitrogens is 1. The van der Waals surface area contributed by atoms with Crippen LogP contribution < -0.4 is 5.32 Å². The first-order chi connectivity index (χ1) is 12.2. The predicted molar refractivity (Wildman–Crippen MR) is 87.8 cm³/mol. The molecule has 0 unspecified atom stereocenters. The van der Waals surface area contributed by atoms with Crippen molar-refractivity contribution in [2.24, 2.45) is 0 Å². The number of benzene rings is 1. The number of alkyl halides is 2. The molecule has 1 amide bonds. The minimum Gasteiger partial charge on any atom is -0.452 e. The Morgan fingerprint density at radius 3 is 2.42 bits per heavy atom. The Morgan fingerprint density at radius 1 is 1.19 bits per heavy atom. The second-order valence-corrected chi connectivity index (χ2v) is 7.07. The molecule has 0 aliphatic carbocycles. The average molecular weight is 405 g/mol. The lowest BCUT2D eigenvalue weighted by molar-refractivity contribution is -0.119. The molecule has 0 saturated carbocycles. The van der Waals surface area contributed by atoms with Gasteiger partial charge in [-0.2, -0.15) is 8.78 Å². The highest BCUT2D eigenvalue weighted by Crippen LogP contribution is 2.19. The van der Waals surface area contributed by atoms with Crippen LogP contribution in [0.1, 0.15) is 10.4 Å². The topological polar surface area (TPSA) is 102 Å². The Hall–Kier alpha value is -2.59. The molecule has 1 N–H and O–H groups in total. The molecule has 1 aromatic carbocycles. The monoisotopic (exact) mass is 404 g/mol. The van der Waals surface area contributed by atoms with Crippen molar-refractivity contribution >= 4 is 39.0 Å². The molecule has 1 aromatic heterocycles. The van der Waals surface area contributed by atoms with Gasteiger partial charge in [-0.05, 0) is 36.4 Å². The quantitative estimate of drug-likeness (QED) is 0.586. The molecule has 2 rings (SSSR count). The molecule has 2 aromatic rings. The van der Waals surface area contributed by atoms with Crippen molar-refractivity contribution in [3.05, 3.63) is 53.3 Å². The van der Waals surface area contributed by atoms with Crippen LogP contribution in [0.3, 0.4) is 0 Å². The summed E-state index contributed by atoms with van der Waals surface area (Å²) in [5.74, 6) is -5.17. The van der Waals surface area contributed by atoms with E-state index in [9.17, 15) is 26.8 Å². The molecule has 7 nitrogen and oxygen atoms in total. The number of carbonyl (C=O) groups is 2. The summed E-state index contributed by atoms with van der Waals surface area (Å²) in [4.78, 5) is 26.7. The normalized spacial score (nSPS) is 11.2. The summed E-state index contributed by atoms with van der Waals surface area (Å²) in [6.07, 6.45) is 1.43. The molecule has 0 radical (unpaired) electrons. The third-order valence-electron chi connectivity index (χ3n) is 3.02. The highest BCUT2D eigenvalue weighted by atomic mass is 35.5. The molecule has 26 heavy (non-hydrogen) atoms. The van der Waals surface area contributed by atoms with E-state index < -0.39 is 39.0 Å². The molecule has 138 valence electrons. The first-order valence-electron chi connectivity index (χ1n) is 6.91. The molecule has 0 saturated heterocycles. The number of sulfone groups is 1. The second-order valence-electron chi connectivity index (χ2n) is 4.80. The van der Waals surface area contributed by atoms with Gasteiger partial charge >= 0.3 is 11.7 Å². The van der Waals surface area contributed by atoms with Gasteiger partial charge in [-0.3, -0.25) is 4.79 Å². The van der Waals surface area contributed by atoms with E-state index in [-0.39, 0.29) is 16.4 Å². The van der Waals surface area contributed by atoms with E-state index in [1.807, 2.05) is 0 Å². The molecule has 11 heteroatoms. The molecular formula is C15H11ClF2N2O5S. The summed E-state index contributed by atoms with van der Waals surface area (Å²) in [5, 5.41) is 2.44. The first-order valence-corrected chi connectivity index (χ1v) is 8.84. The average Bonchev–Trinajstić information content (AvgIpc) is 2.61. The van der Waals surface area contributed by atoms with Gasteiger partial charge in [0.2, 0.25) is 9.84 Å². The lowest BCUT2D eigenvalue weighted by Crippen LogP contribution is -2.21. The molecule has 0 bridgehead atoms. The number of halogens is 3. The van der Waals surface area contributed by atoms with Crippen molar-refractivity contribution in [2.45, 2.75) is 10.7 Å². The van der Waals surface area contributed by atoms with Gasteiger partial charge < -0.3 is 10.1 Å². The Morgan fingerprint density at radius 2 is 1.85 bits per heavy atom. The smallest absolute Gasteiger partial charge is 0.341 e. The molecule has 1 heterocycles. The fourth-order valence-corrected chi connectivity index (χ4v) is 2.65. The second kappa shape index (κ2) is 8.19. The van der Waals surface area contributed by atoms with Crippen LogP contribution >= 0.6 is 11.6 Å². The van der Waals surface area contributed by atoms with Crippen molar-refractivity contribution in [2.75, 3.05) is 11.9 Å². The third-order valence-corrected chi connectivity index (χ3v) is 4.72. The first kappa shape index (κ1) is 19.7. The van der Waals surface area contributed by atoms with Crippen molar-refractivity contribution in [3.63, 3.8) is 0 Å². The number of rotatable bonds is 6. The van der Waals surface area contributed by atoms with Crippen LogP contribution in [0.2, 0.25) is 5.15 Å². The number of pyridine rings is 1. The fourth-order valence-electron chi connectivity index (χ4n) is 1.76. The maximum Gasteiger partial charge on any atom is 0.341 e. The summed E-state index contributed by atoms with van der Waals surface area (Å²) < 4.78 is 52.2. The largest absolute Gasteiger partial charge is 0.452 e. The minimum atomic E-state index is -4.75. The fraction of sp³-hybridized carbons (Fsp3) is 0.133. The number of carbonyl (C=O) groups excluding carboxylic acids is 2. The van der Waals surface area contributed by atoms with Crippen molar-refractivity contribution in [1.82, 2.24) is 4.98 Å². The zero-order chi connectivity index (χ0) is 19.3. The Labute approximate surface area is 151 Å². The van der Waals surface area contributed by atoms with E-state index in [0.717, 1.165) is 24.3 Å². The van der Waals surface area contributed by atoms with E-state index in [4.69, 9.17) is 16.3 Å². The van der Waals surface area contributed by atoms with Crippen LogP contribution in [0.25, 0.3) is 0 Å². The lowest BCUT2D eigenvalue weighted by Gasteiger charge is -2.08. The third kappa shape index (κ3) is 4.73.